The van der Waals surface area contributed by atoms with Gasteiger partial charge in [-0.05, 0) is 42.8 Å². The molecule has 3 heterocycles. The average molecular weight is 479 g/mol. The van der Waals surface area contributed by atoms with E-state index in [1.54, 1.807) is 18.3 Å². The minimum absolute atomic E-state index is 0.0312. The van der Waals surface area contributed by atoms with E-state index in [0.717, 1.165) is 22.0 Å². The van der Waals surface area contributed by atoms with Crippen LogP contribution in [-0.4, -0.2) is 54.1 Å². The zero-order chi connectivity index (χ0) is 23.6. The van der Waals surface area contributed by atoms with Gasteiger partial charge in [0.1, 0.15) is 5.82 Å². The maximum atomic E-state index is 13.3. The zero-order valence-electron chi connectivity index (χ0n) is 17.6. The van der Waals surface area contributed by atoms with E-state index in [-0.39, 0.29) is 26.2 Å². The molecule has 3 aromatic rings. The molecule has 0 radical (unpaired) electrons. The largest absolute Gasteiger partial charge is 0.417 e. The molecule has 1 N–H and O–H groups in total. The molecule has 0 aliphatic carbocycles. The number of aryl methyl sites for hydroxylation is 1. The van der Waals surface area contributed by atoms with Crippen molar-refractivity contribution in [2.75, 3.05) is 36.4 Å². The number of hydrogen-bond acceptors (Lipinski definition) is 7. The average Bonchev–Trinajstić information content (AvgIpc) is 2.81. The second-order valence-corrected chi connectivity index (χ2v) is 9.41. The first-order valence-corrected chi connectivity index (χ1v) is 11.5. The van der Waals surface area contributed by atoms with Crippen LogP contribution in [0.15, 0.2) is 59.6 Å². The van der Waals surface area contributed by atoms with Gasteiger partial charge in [0.2, 0.25) is 10.0 Å². The quantitative estimate of drug-likeness (QED) is 0.601. The molecule has 12 heteroatoms. The molecule has 8 nitrogen and oxygen atoms in total. The van der Waals surface area contributed by atoms with Crippen LogP contribution in [0.1, 0.15) is 11.1 Å². The molecule has 0 spiro atoms. The number of rotatable bonds is 5. The minimum atomic E-state index is -4.76. The lowest BCUT2D eigenvalue weighted by molar-refractivity contribution is -0.139. The van der Waals surface area contributed by atoms with Crippen LogP contribution in [0, 0.1) is 6.92 Å². The summed E-state index contributed by atoms with van der Waals surface area (Å²) in [5.74, 6) is 1.67. The van der Waals surface area contributed by atoms with Crippen molar-refractivity contribution in [3.63, 3.8) is 0 Å². The topological polar surface area (TPSA) is 91.3 Å². The number of nitrogens with zero attached hydrogens (tertiary/aromatic N) is 5. The van der Waals surface area contributed by atoms with Gasteiger partial charge in [-0.2, -0.15) is 17.5 Å². The summed E-state index contributed by atoms with van der Waals surface area (Å²) >= 11 is 0. The lowest BCUT2D eigenvalue weighted by Crippen LogP contribution is -2.49. The molecular weight excluding hydrogens is 457 g/mol. The Morgan fingerprint density at radius 3 is 2.21 bits per heavy atom. The molecule has 0 amide bonds. The van der Waals surface area contributed by atoms with Gasteiger partial charge >= 0.3 is 6.18 Å². The minimum Gasteiger partial charge on any atom is -0.352 e. The van der Waals surface area contributed by atoms with Crippen LogP contribution >= 0.6 is 0 Å². The molecule has 1 fully saturated rings. The summed E-state index contributed by atoms with van der Waals surface area (Å²) in [4.78, 5) is 5.35. The van der Waals surface area contributed by atoms with Crippen LogP contribution in [0.25, 0.3) is 0 Å². The third-order valence-electron chi connectivity index (χ3n) is 5.19. The van der Waals surface area contributed by atoms with Gasteiger partial charge in [-0.1, -0.05) is 18.2 Å². The van der Waals surface area contributed by atoms with Gasteiger partial charge in [-0.25, -0.2) is 13.4 Å². The van der Waals surface area contributed by atoms with Gasteiger partial charge in [0.05, 0.1) is 10.5 Å². The number of pyridine rings is 1. The van der Waals surface area contributed by atoms with Crippen LogP contribution in [0.5, 0.6) is 0 Å². The van der Waals surface area contributed by atoms with Gasteiger partial charge in [0, 0.05) is 32.4 Å². The van der Waals surface area contributed by atoms with Crippen molar-refractivity contribution in [1.82, 2.24) is 19.5 Å². The fourth-order valence-corrected chi connectivity index (χ4v) is 5.09. The molecule has 0 atom stereocenters. The maximum Gasteiger partial charge on any atom is 0.417 e. The number of sulfonamides is 1. The molecule has 0 unspecified atom stereocenters. The molecule has 4 rings (SSSR count). The van der Waals surface area contributed by atoms with E-state index in [4.69, 9.17) is 0 Å². The van der Waals surface area contributed by atoms with Crippen molar-refractivity contribution in [3.05, 3.63) is 65.9 Å². The van der Waals surface area contributed by atoms with Gasteiger partial charge in [-0.3, -0.25) is 0 Å². The monoisotopic (exact) mass is 478 g/mol. The predicted molar refractivity (Wildman–Crippen MR) is 117 cm³/mol. The number of anilines is 3. The highest BCUT2D eigenvalue weighted by Crippen LogP contribution is 2.35. The zero-order valence-corrected chi connectivity index (χ0v) is 18.4. The standard InChI is InChI=1S/C21H21F3N6O2S/c1-15-6-7-18(25-14-15)26-19-8-9-20(28-27-19)29-10-12-30(13-11-29)33(31,32)17-5-3-2-4-16(17)21(22,23)24/h2-9,14H,10-13H2,1H3,(H,25,26,27). The molecule has 174 valence electrons. The Kier molecular flexibility index (Phi) is 6.21. The molecule has 0 saturated carbocycles. The van der Waals surface area contributed by atoms with E-state index >= 15 is 0 Å². The lowest BCUT2D eigenvalue weighted by Gasteiger charge is -2.34. The second-order valence-electron chi connectivity index (χ2n) is 7.51. The summed E-state index contributed by atoms with van der Waals surface area (Å²) in [7, 11) is -4.29. The van der Waals surface area contributed by atoms with Crippen LogP contribution in [0.2, 0.25) is 0 Å². The fourth-order valence-electron chi connectivity index (χ4n) is 3.46. The van der Waals surface area contributed by atoms with Crippen molar-refractivity contribution in [2.24, 2.45) is 0 Å². The first-order chi connectivity index (χ1) is 15.6. The number of benzene rings is 1. The first-order valence-electron chi connectivity index (χ1n) is 10.1. The highest BCUT2D eigenvalue weighted by Gasteiger charge is 2.39. The third kappa shape index (κ3) is 5.06. The summed E-state index contributed by atoms with van der Waals surface area (Å²) in [6.45, 7) is 2.54. The highest BCUT2D eigenvalue weighted by atomic mass is 32.2. The molecule has 1 aromatic carbocycles. The maximum absolute atomic E-state index is 13.3. The van der Waals surface area contributed by atoms with Crippen molar-refractivity contribution in [3.8, 4) is 0 Å². The molecular formula is C21H21F3N6O2S. The van der Waals surface area contributed by atoms with Crippen molar-refractivity contribution >= 4 is 27.5 Å². The Bertz CT molecular complexity index is 1210. The Morgan fingerprint density at radius 2 is 1.61 bits per heavy atom. The summed E-state index contributed by atoms with van der Waals surface area (Å²) in [5.41, 5.74) is -0.130. The Morgan fingerprint density at radius 1 is 0.909 bits per heavy atom. The molecule has 1 aliphatic rings. The van der Waals surface area contributed by atoms with Gasteiger partial charge in [0.15, 0.2) is 11.6 Å². The SMILES string of the molecule is Cc1ccc(Nc2ccc(N3CCN(S(=O)(=O)c4ccccc4C(F)(F)F)CC3)nn2)nc1. The first kappa shape index (κ1) is 22.9. The molecule has 1 aliphatic heterocycles. The van der Waals surface area contributed by atoms with Crippen molar-refractivity contribution in [1.29, 1.82) is 0 Å². The third-order valence-corrected chi connectivity index (χ3v) is 7.15. The van der Waals surface area contributed by atoms with E-state index < -0.39 is 26.7 Å². The number of halogens is 3. The second kappa shape index (κ2) is 8.94. The lowest BCUT2D eigenvalue weighted by atomic mass is 10.2. The normalized spacial score (nSPS) is 15.5. The molecule has 1 saturated heterocycles. The number of hydrogen-bond donors (Lipinski definition) is 1. The summed E-state index contributed by atoms with van der Waals surface area (Å²) in [6, 6.07) is 11.4. The molecule has 33 heavy (non-hydrogen) atoms. The van der Waals surface area contributed by atoms with Crippen molar-refractivity contribution < 1.29 is 21.6 Å². The Balaban J connectivity index is 1.42. The van der Waals surface area contributed by atoms with Crippen LogP contribution in [0.4, 0.5) is 30.6 Å². The fraction of sp³-hybridized carbons (Fsp3) is 0.286. The number of piperazine rings is 1. The van der Waals surface area contributed by atoms with Crippen LogP contribution < -0.4 is 10.2 Å². The van der Waals surface area contributed by atoms with Crippen LogP contribution in [0.3, 0.4) is 0 Å². The van der Waals surface area contributed by atoms with E-state index in [1.165, 1.54) is 12.1 Å². The van der Waals surface area contributed by atoms with Gasteiger partial charge in [-0.15, -0.1) is 10.2 Å². The van der Waals surface area contributed by atoms with E-state index in [0.29, 0.717) is 17.5 Å². The van der Waals surface area contributed by atoms with E-state index in [2.05, 4.69) is 20.5 Å². The summed E-state index contributed by atoms with van der Waals surface area (Å²) in [5, 5.41) is 11.3. The smallest absolute Gasteiger partial charge is 0.352 e. The van der Waals surface area contributed by atoms with Gasteiger partial charge < -0.3 is 10.2 Å². The Labute approximate surface area is 189 Å². The summed E-state index contributed by atoms with van der Waals surface area (Å²) in [6.07, 6.45) is -3.03. The predicted octanol–water partition coefficient (Wildman–Crippen LogP) is 3.45. The Hall–Kier alpha value is -3.25. The molecule has 0 bridgehead atoms. The number of aromatic nitrogens is 3. The van der Waals surface area contributed by atoms with E-state index in [9.17, 15) is 21.6 Å². The van der Waals surface area contributed by atoms with E-state index in [1.807, 2.05) is 24.0 Å². The number of alkyl halides is 3. The van der Waals surface area contributed by atoms with Crippen molar-refractivity contribution in [2.45, 2.75) is 18.0 Å². The summed E-state index contributed by atoms with van der Waals surface area (Å²) < 4.78 is 66.8. The molecule has 2 aromatic heterocycles. The van der Waals surface area contributed by atoms with Gasteiger partial charge in [0.25, 0.3) is 0 Å². The van der Waals surface area contributed by atoms with Crippen LogP contribution in [-0.2, 0) is 16.2 Å². The number of nitrogens with one attached hydrogen (secondary N) is 1. The highest BCUT2D eigenvalue weighted by molar-refractivity contribution is 7.89.